The molecule has 2 bridgehead atoms. The molecule has 0 spiro atoms. The van der Waals surface area contributed by atoms with E-state index in [1.807, 2.05) is 20.0 Å². The number of amides is 1. The van der Waals surface area contributed by atoms with E-state index < -0.39 is 0 Å². The number of fused-ring (bicyclic) bond motifs is 4. The molecule has 27 heavy (non-hydrogen) atoms. The van der Waals surface area contributed by atoms with Crippen molar-refractivity contribution in [1.29, 1.82) is 0 Å². The normalized spacial score (nSPS) is 23.2. The van der Waals surface area contributed by atoms with Crippen molar-refractivity contribution in [1.82, 2.24) is 24.5 Å². The van der Waals surface area contributed by atoms with Crippen LogP contribution < -0.4 is 0 Å². The molecule has 5 heterocycles. The van der Waals surface area contributed by atoms with Gasteiger partial charge in [0.2, 0.25) is 5.91 Å². The molecule has 2 atom stereocenters. The lowest BCUT2D eigenvalue weighted by Crippen LogP contribution is -2.47. The van der Waals surface area contributed by atoms with Crippen LogP contribution in [0.25, 0.3) is 0 Å². The molecule has 0 unspecified atom stereocenters. The Bertz CT molecular complexity index is 792. The zero-order valence-corrected chi connectivity index (χ0v) is 16.5. The molecule has 0 aliphatic carbocycles. The highest BCUT2D eigenvalue weighted by Crippen LogP contribution is 2.32. The smallest absolute Gasteiger partial charge is 0.227 e. The van der Waals surface area contributed by atoms with Crippen LogP contribution in [-0.2, 0) is 24.4 Å². The quantitative estimate of drug-likeness (QED) is 0.781. The zero-order chi connectivity index (χ0) is 19.0. The molecular formula is C20H29N5O2. The van der Waals surface area contributed by atoms with Crippen LogP contribution in [-0.4, -0.2) is 49.5 Å². The highest BCUT2D eigenvalue weighted by Gasteiger charge is 2.41. The van der Waals surface area contributed by atoms with Crippen LogP contribution in [0.4, 0.5) is 0 Å². The second-order valence-electron chi connectivity index (χ2n) is 7.93. The molecule has 146 valence electrons. The maximum absolute atomic E-state index is 13.1. The third-order valence-corrected chi connectivity index (χ3v) is 6.01. The third kappa shape index (κ3) is 3.52. The summed E-state index contributed by atoms with van der Waals surface area (Å²) < 4.78 is 7.53. The lowest BCUT2D eigenvalue weighted by atomic mass is 9.93. The monoisotopic (exact) mass is 371 g/mol. The number of piperidine rings is 1. The van der Waals surface area contributed by atoms with Crippen LogP contribution in [0, 0.1) is 19.8 Å². The molecule has 7 nitrogen and oxygen atoms in total. The molecule has 1 amide bonds. The van der Waals surface area contributed by atoms with Gasteiger partial charge in [0.15, 0.2) is 0 Å². The van der Waals surface area contributed by atoms with Gasteiger partial charge in [-0.25, -0.2) is 4.98 Å². The number of carbonyl (C=O) groups excluding carboxylic acids is 1. The first-order valence-corrected chi connectivity index (χ1v) is 10.0. The largest absolute Gasteiger partial charge is 0.361 e. The van der Waals surface area contributed by atoms with E-state index in [1.54, 1.807) is 0 Å². The van der Waals surface area contributed by atoms with Crippen molar-refractivity contribution in [3.8, 4) is 0 Å². The Hall–Kier alpha value is -2.15. The van der Waals surface area contributed by atoms with Gasteiger partial charge in [0, 0.05) is 43.6 Å². The number of nitrogens with zero attached hydrogens (tertiary/aromatic N) is 5. The van der Waals surface area contributed by atoms with E-state index in [9.17, 15) is 4.79 Å². The minimum atomic E-state index is 0.0822. The average molecular weight is 371 g/mol. The molecule has 3 aliphatic rings. The van der Waals surface area contributed by atoms with Crippen molar-refractivity contribution in [3.05, 3.63) is 35.2 Å². The molecule has 0 radical (unpaired) electrons. The van der Waals surface area contributed by atoms with Crippen molar-refractivity contribution in [2.75, 3.05) is 13.1 Å². The summed E-state index contributed by atoms with van der Waals surface area (Å²) in [6.07, 6.45) is 7.09. The van der Waals surface area contributed by atoms with Crippen LogP contribution in [0.15, 0.2) is 16.9 Å². The Morgan fingerprint density at radius 1 is 1.22 bits per heavy atom. The molecule has 3 fully saturated rings. The number of imidazole rings is 1. The Kier molecular flexibility index (Phi) is 5.04. The van der Waals surface area contributed by atoms with Gasteiger partial charge in [-0.2, -0.15) is 0 Å². The second kappa shape index (κ2) is 7.46. The summed E-state index contributed by atoms with van der Waals surface area (Å²) in [6.45, 7) is 10.2. The molecule has 3 aliphatic heterocycles. The van der Waals surface area contributed by atoms with Crippen LogP contribution in [0.2, 0.25) is 0 Å². The van der Waals surface area contributed by atoms with Crippen molar-refractivity contribution in [3.63, 3.8) is 0 Å². The number of hydrogen-bond acceptors (Lipinski definition) is 5. The first-order valence-electron chi connectivity index (χ1n) is 10.0. The number of rotatable bonds is 6. The first-order chi connectivity index (χ1) is 13.1. The maximum Gasteiger partial charge on any atom is 0.227 e. The van der Waals surface area contributed by atoms with E-state index in [0.29, 0.717) is 6.54 Å². The van der Waals surface area contributed by atoms with Gasteiger partial charge >= 0.3 is 0 Å². The molecule has 0 aromatic carbocycles. The van der Waals surface area contributed by atoms with Gasteiger partial charge in [0.05, 0.1) is 24.7 Å². The van der Waals surface area contributed by atoms with Crippen LogP contribution in [0.3, 0.4) is 0 Å². The molecule has 2 aromatic heterocycles. The van der Waals surface area contributed by atoms with Crippen molar-refractivity contribution in [2.45, 2.75) is 65.7 Å². The van der Waals surface area contributed by atoms with E-state index in [4.69, 9.17) is 4.52 Å². The van der Waals surface area contributed by atoms with Gasteiger partial charge in [-0.1, -0.05) is 12.1 Å². The van der Waals surface area contributed by atoms with Gasteiger partial charge < -0.3 is 14.0 Å². The fourth-order valence-corrected chi connectivity index (χ4v) is 4.50. The highest BCUT2D eigenvalue weighted by molar-refractivity contribution is 5.80. The van der Waals surface area contributed by atoms with E-state index in [2.05, 4.69) is 37.6 Å². The Balaban J connectivity index is 1.51. The lowest BCUT2D eigenvalue weighted by molar-refractivity contribution is -0.140. The van der Waals surface area contributed by atoms with E-state index in [-0.39, 0.29) is 17.9 Å². The number of carbonyl (C=O) groups is 1. The molecule has 2 aromatic rings. The van der Waals surface area contributed by atoms with Gasteiger partial charge in [-0.15, -0.1) is 0 Å². The van der Waals surface area contributed by atoms with Crippen molar-refractivity contribution >= 4 is 5.91 Å². The standard InChI is InChI=1S/C20H29N5O2/c1-4-8-24-9-7-21-19(24)13-23-10-16-5-6-17(11-23)25(20(16)26)12-18-14(2)22-27-15(18)3/h7,9,16-17H,4-6,8,10-13H2,1-3H3/t16-,17+/m1/s1. The highest BCUT2D eigenvalue weighted by atomic mass is 16.5. The predicted molar refractivity (Wildman–Crippen MR) is 101 cm³/mol. The molecular weight excluding hydrogens is 342 g/mol. The van der Waals surface area contributed by atoms with Gasteiger partial charge in [0.1, 0.15) is 11.6 Å². The van der Waals surface area contributed by atoms with E-state index in [0.717, 1.165) is 68.3 Å². The van der Waals surface area contributed by atoms with Gasteiger partial charge in [0.25, 0.3) is 0 Å². The fraction of sp³-hybridized carbons (Fsp3) is 0.650. The van der Waals surface area contributed by atoms with E-state index in [1.165, 1.54) is 0 Å². The summed E-state index contributed by atoms with van der Waals surface area (Å²) in [5, 5.41) is 4.05. The Labute approximate surface area is 160 Å². The van der Waals surface area contributed by atoms with Crippen LogP contribution >= 0.6 is 0 Å². The topological polar surface area (TPSA) is 67.4 Å². The lowest BCUT2D eigenvalue weighted by Gasteiger charge is -2.36. The van der Waals surface area contributed by atoms with Crippen LogP contribution in [0.5, 0.6) is 0 Å². The molecule has 3 saturated heterocycles. The molecule has 5 rings (SSSR count). The summed E-state index contributed by atoms with van der Waals surface area (Å²) in [4.78, 5) is 22.1. The fourth-order valence-electron chi connectivity index (χ4n) is 4.50. The van der Waals surface area contributed by atoms with Gasteiger partial charge in [-0.3, -0.25) is 9.69 Å². The zero-order valence-electron chi connectivity index (χ0n) is 16.5. The van der Waals surface area contributed by atoms with Crippen molar-refractivity contribution < 1.29 is 9.32 Å². The minimum Gasteiger partial charge on any atom is -0.361 e. The Morgan fingerprint density at radius 3 is 2.81 bits per heavy atom. The summed E-state index contributed by atoms with van der Waals surface area (Å²) in [5.74, 6) is 2.28. The number of aryl methyl sites for hydroxylation is 3. The van der Waals surface area contributed by atoms with E-state index >= 15 is 0 Å². The Morgan fingerprint density at radius 2 is 2.07 bits per heavy atom. The second-order valence-corrected chi connectivity index (χ2v) is 7.93. The summed E-state index contributed by atoms with van der Waals surface area (Å²) >= 11 is 0. The first kappa shape index (κ1) is 18.2. The average Bonchev–Trinajstić information content (AvgIpc) is 3.09. The summed E-state index contributed by atoms with van der Waals surface area (Å²) in [6, 6.07) is 0.250. The number of hydrogen-bond donors (Lipinski definition) is 0. The predicted octanol–water partition coefficient (Wildman–Crippen LogP) is 2.52. The summed E-state index contributed by atoms with van der Waals surface area (Å²) in [5.41, 5.74) is 1.94. The van der Waals surface area contributed by atoms with Crippen LogP contribution in [0.1, 0.15) is 49.0 Å². The maximum atomic E-state index is 13.1. The molecule has 0 saturated carbocycles. The third-order valence-electron chi connectivity index (χ3n) is 6.01. The molecule has 7 heteroatoms. The van der Waals surface area contributed by atoms with Gasteiger partial charge in [-0.05, 0) is 33.1 Å². The molecule has 0 N–H and O–H groups in total. The SMILES string of the molecule is CCCn1ccnc1CN1C[C@H]2CC[C@@H](C1)N(Cc1c(C)noc1C)C2=O. The number of aromatic nitrogens is 3. The summed E-state index contributed by atoms with van der Waals surface area (Å²) in [7, 11) is 0. The van der Waals surface area contributed by atoms with Crippen molar-refractivity contribution in [2.24, 2.45) is 5.92 Å². The minimum absolute atomic E-state index is 0.0822.